The fraction of sp³-hybridized carbons (Fsp3) is 0.909. The molecule has 0 unspecified atom stereocenters. The maximum Gasteiger partial charge on any atom is 0.475 e. The number of carbonyl (C=O) groups excluding carboxylic acids is 1. The number of nitrogens with zero attached hydrogens (tertiary/aromatic N) is 1. The summed E-state index contributed by atoms with van der Waals surface area (Å²) in [6.07, 6.45) is 6.34. The summed E-state index contributed by atoms with van der Waals surface area (Å²) in [6.45, 7) is 0.974. The molecular weight excluding hydrogens is 219 g/mol. The van der Waals surface area contributed by atoms with Crippen molar-refractivity contribution in [2.75, 3.05) is 13.1 Å². The number of nitrogens with one attached hydrogen (secondary N) is 1. The van der Waals surface area contributed by atoms with E-state index in [1.807, 2.05) is 0 Å². The normalized spacial score (nSPS) is 25.5. The van der Waals surface area contributed by atoms with Gasteiger partial charge in [-0.05, 0) is 25.7 Å². The second-order valence-electron chi connectivity index (χ2n) is 5.07. The van der Waals surface area contributed by atoms with Crippen molar-refractivity contribution in [3.8, 4) is 0 Å². The highest BCUT2D eigenvalue weighted by molar-refractivity contribution is 6.43. The molecule has 0 bridgehead atoms. The van der Waals surface area contributed by atoms with Crippen LogP contribution in [0.1, 0.15) is 38.5 Å². The van der Waals surface area contributed by atoms with E-state index in [4.69, 9.17) is 0 Å². The van der Waals surface area contributed by atoms with Crippen LogP contribution in [0.25, 0.3) is 0 Å². The van der Waals surface area contributed by atoms with Gasteiger partial charge in [-0.2, -0.15) is 0 Å². The predicted octanol–water partition coefficient (Wildman–Crippen LogP) is -0.478. The molecule has 0 aromatic heterocycles. The van der Waals surface area contributed by atoms with Gasteiger partial charge < -0.3 is 20.3 Å². The lowest BCUT2D eigenvalue weighted by atomic mass is 9.78. The lowest BCUT2D eigenvalue weighted by Crippen LogP contribution is -2.49. The average Bonchev–Trinajstić information content (AvgIpc) is 2.96. The molecule has 17 heavy (non-hydrogen) atoms. The zero-order valence-electron chi connectivity index (χ0n) is 10.1. The minimum Gasteiger partial charge on any atom is -0.426 e. The quantitative estimate of drug-likeness (QED) is 0.580. The van der Waals surface area contributed by atoms with Gasteiger partial charge in [0.15, 0.2) is 0 Å². The van der Waals surface area contributed by atoms with Gasteiger partial charge >= 0.3 is 7.12 Å². The highest BCUT2D eigenvalue weighted by Gasteiger charge is 2.36. The van der Waals surface area contributed by atoms with Gasteiger partial charge in [0.1, 0.15) is 0 Å². The number of carbonyl (C=O) groups is 1. The largest absolute Gasteiger partial charge is 0.475 e. The van der Waals surface area contributed by atoms with Crippen LogP contribution in [0.15, 0.2) is 0 Å². The highest BCUT2D eigenvalue weighted by Crippen LogP contribution is 2.19. The van der Waals surface area contributed by atoms with Crippen LogP contribution in [0, 0.1) is 0 Å². The second-order valence-corrected chi connectivity index (χ2v) is 5.07. The summed E-state index contributed by atoms with van der Waals surface area (Å²) in [7, 11) is -1.41. The van der Waals surface area contributed by atoms with Crippen LogP contribution >= 0.6 is 0 Å². The van der Waals surface area contributed by atoms with E-state index in [0.29, 0.717) is 25.6 Å². The molecule has 1 aliphatic heterocycles. The standard InChI is InChI=1S/C11H21BN2O3/c15-11(8-13-9-4-1-2-5-9)14-7-3-6-10(14)12(16)17/h9-10,13,16-17H,1-8H2/t10-/m0/s1. The Morgan fingerprint density at radius 3 is 2.59 bits per heavy atom. The fourth-order valence-corrected chi connectivity index (χ4v) is 2.88. The first-order chi connectivity index (χ1) is 8.18. The summed E-state index contributed by atoms with van der Waals surface area (Å²) >= 11 is 0. The zero-order chi connectivity index (χ0) is 12.3. The Morgan fingerprint density at radius 1 is 1.24 bits per heavy atom. The number of likely N-dealkylation sites (tertiary alicyclic amines) is 1. The monoisotopic (exact) mass is 240 g/mol. The summed E-state index contributed by atoms with van der Waals surface area (Å²) in [5.74, 6) is -0.416. The molecule has 0 spiro atoms. The summed E-state index contributed by atoms with van der Waals surface area (Å²) < 4.78 is 0. The van der Waals surface area contributed by atoms with Crippen LogP contribution in [0.3, 0.4) is 0 Å². The number of rotatable bonds is 4. The Morgan fingerprint density at radius 2 is 1.94 bits per heavy atom. The Bertz CT molecular complexity index is 269. The van der Waals surface area contributed by atoms with Gasteiger partial charge in [-0.3, -0.25) is 4.79 Å². The lowest BCUT2D eigenvalue weighted by Gasteiger charge is -2.25. The van der Waals surface area contributed by atoms with Gasteiger partial charge in [0, 0.05) is 12.6 Å². The smallest absolute Gasteiger partial charge is 0.426 e. The Labute approximate surface area is 102 Å². The third kappa shape index (κ3) is 3.21. The Balaban J connectivity index is 1.78. The van der Waals surface area contributed by atoms with Crippen molar-refractivity contribution in [3.63, 3.8) is 0 Å². The maximum absolute atomic E-state index is 12.0. The van der Waals surface area contributed by atoms with E-state index >= 15 is 0 Å². The third-order valence-electron chi connectivity index (χ3n) is 3.86. The van der Waals surface area contributed by atoms with Crippen molar-refractivity contribution < 1.29 is 14.8 Å². The minimum atomic E-state index is -1.41. The van der Waals surface area contributed by atoms with Crippen LogP contribution in [-0.4, -0.2) is 53.0 Å². The molecule has 2 aliphatic rings. The molecule has 0 aromatic rings. The molecule has 1 atom stereocenters. The van der Waals surface area contributed by atoms with Crippen molar-refractivity contribution >= 4 is 13.0 Å². The van der Waals surface area contributed by atoms with Gasteiger partial charge in [-0.1, -0.05) is 12.8 Å². The molecule has 5 nitrogen and oxygen atoms in total. The summed E-state index contributed by atoms with van der Waals surface area (Å²) in [6, 6.07) is 0.471. The molecule has 2 fully saturated rings. The Hall–Kier alpha value is -0.585. The van der Waals surface area contributed by atoms with Gasteiger partial charge in [0.25, 0.3) is 0 Å². The van der Waals surface area contributed by atoms with Gasteiger partial charge in [-0.25, -0.2) is 0 Å². The molecule has 1 amide bonds. The van der Waals surface area contributed by atoms with Crippen molar-refractivity contribution in [2.45, 2.75) is 50.5 Å². The molecule has 1 saturated carbocycles. The molecule has 96 valence electrons. The van der Waals surface area contributed by atoms with E-state index in [-0.39, 0.29) is 5.91 Å². The SMILES string of the molecule is O=C(CNC1CCCC1)N1CCC[C@H]1B(O)O. The van der Waals surface area contributed by atoms with Crippen molar-refractivity contribution in [2.24, 2.45) is 0 Å². The van der Waals surface area contributed by atoms with E-state index in [1.54, 1.807) is 4.90 Å². The predicted molar refractivity (Wildman–Crippen MR) is 65.2 cm³/mol. The zero-order valence-corrected chi connectivity index (χ0v) is 10.1. The molecular formula is C11H21BN2O3. The van der Waals surface area contributed by atoms with Crippen molar-refractivity contribution in [3.05, 3.63) is 0 Å². The summed E-state index contributed by atoms with van der Waals surface area (Å²) in [5.41, 5.74) is 0. The van der Waals surface area contributed by atoms with Crippen LogP contribution in [0.2, 0.25) is 0 Å². The highest BCUT2D eigenvalue weighted by atomic mass is 16.4. The number of amides is 1. The lowest BCUT2D eigenvalue weighted by molar-refractivity contribution is -0.130. The molecule has 0 aromatic carbocycles. The average molecular weight is 240 g/mol. The van der Waals surface area contributed by atoms with Crippen molar-refractivity contribution in [1.29, 1.82) is 0 Å². The summed E-state index contributed by atoms with van der Waals surface area (Å²) in [4.78, 5) is 13.6. The van der Waals surface area contributed by atoms with Crippen LogP contribution < -0.4 is 5.32 Å². The van der Waals surface area contributed by atoms with Crippen LogP contribution in [0.5, 0.6) is 0 Å². The van der Waals surface area contributed by atoms with E-state index in [1.165, 1.54) is 12.8 Å². The first-order valence-electron chi connectivity index (χ1n) is 6.57. The van der Waals surface area contributed by atoms with E-state index in [9.17, 15) is 14.8 Å². The number of hydrogen-bond acceptors (Lipinski definition) is 4. The fourth-order valence-electron chi connectivity index (χ4n) is 2.88. The van der Waals surface area contributed by atoms with E-state index in [2.05, 4.69) is 5.32 Å². The molecule has 1 saturated heterocycles. The van der Waals surface area contributed by atoms with Gasteiger partial charge in [0.05, 0.1) is 12.5 Å². The first kappa shape index (κ1) is 12.9. The molecule has 6 heteroatoms. The number of hydrogen-bond donors (Lipinski definition) is 3. The Kier molecular flexibility index (Phi) is 4.42. The molecule has 3 N–H and O–H groups in total. The molecule has 2 rings (SSSR count). The van der Waals surface area contributed by atoms with Gasteiger partial charge in [0.2, 0.25) is 5.91 Å². The first-order valence-corrected chi connectivity index (χ1v) is 6.57. The van der Waals surface area contributed by atoms with Gasteiger partial charge in [-0.15, -0.1) is 0 Å². The van der Waals surface area contributed by atoms with Crippen LogP contribution in [-0.2, 0) is 4.79 Å². The van der Waals surface area contributed by atoms with Crippen LogP contribution in [0.4, 0.5) is 0 Å². The second kappa shape index (κ2) is 5.84. The summed E-state index contributed by atoms with van der Waals surface area (Å²) in [5, 5.41) is 21.6. The maximum atomic E-state index is 12.0. The van der Waals surface area contributed by atoms with Crippen molar-refractivity contribution in [1.82, 2.24) is 10.2 Å². The third-order valence-corrected chi connectivity index (χ3v) is 3.86. The molecule has 0 radical (unpaired) electrons. The topological polar surface area (TPSA) is 72.8 Å². The molecule has 1 aliphatic carbocycles. The molecule has 1 heterocycles. The van der Waals surface area contributed by atoms with E-state index < -0.39 is 13.1 Å². The van der Waals surface area contributed by atoms with E-state index in [0.717, 1.165) is 19.3 Å². The minimum absolute atomic E-state index is 0.00694.